The minimum Gasteiger partial charge on any atom is -0.497 e. The molecule has 0 aromatic heterocycles. The first-order valence-electron chi connectivity index (χ1n) is 4.88. The van der Waals surface area contributed by atoms with Gasteiger partial charge in [0.1, 0.15) is 11.9 Å². The zero-order valence-electron chi connectivity index (χ0n) is 9.58. The molecule has 0 aliphatic rings. The number of carbonyl (C=O) groups excluding carboxylic acids is 1. The second kappa shape index (κ2) is 5.51. The predicted molar refractivity (Wildman–Crippen MR) is 60.4 cm³/mol. The molecule has 2 atom stereocenters. The number of rotatable bonds is 4. The van der Waals surface area contributed by atoms with Crippen LogP contribution in [0.2, 0.25) is 0 Å². The molecule has 0 aliphatic heterocycles. The Labute approximate surface area is 98.6 Å². The molecule has 6 heteroatoms. The summed E-state index contributed by atoms with van der Waals surface area (Å²) >= 11 is 0. The van der Waals surface area contributed by atoms with Crippen LogP contribution in [-0.4, -0.2) is 36.5 Å². The summed E-state index contributed by atoms with van der Waals surface area (Å²) in [6.45, 7) is 0. The van der Waals surface area contributed by atoms with Crippen molar-refractivity contribution in [1.82, 2.24) is 0 Å². The lowest BCUT2D eigenvalue weighted by atomic mass is 10.0. The third kappa shape index (κ3) is 2.86. The van der Waals surface area contributed by atoms with E-state index in [1.807, 2.05) is 0 Å². The lowest BCUT2D eigenvalue weighted by Crippen LogP contribution is -2.29. The molecule has 17 heavy (non-hydrogen) atoms. The zero-order chi connectivity index (χ0) is 13.0. The summed E-state index contributed by atoms with van der Waals surface area (Å²) in [5.74, 6) is -0.404. The standard InChI is InChI=1S/C11H15NO5/c1-16-6-3-4-7(8(12)5-6)9(13)10(14)11(15)17-2/h3-5,9-10,13-14H,12H2,1-2H3. The van der Waals surface area contributed by atoms with Crippen LogP contribution in [-0.2, 0) is 9.53 Å². The first-order chi connectivity index (χ1) is 8.01. The number of methoxy groups -OCH3 is 2. The van der Waals surface area contributed by atoms with Gasteiger partial charge in [0.2, 0.25) is 0 Å². The second-order valence-corrected chi connectivity index (χ2v) is 3.41. The molecule has 0 saturated heterocycles. The fraction of sp³-hybridized carbons (Fsp3) is 0.364. The molecule has 0 heterocycles. The zero-order valence-corrected chi connectivity index (χ0v) is 9.58. The molecule has 0 fully saturated rings. The monoisotopic (exact) mass is 241 g/mol. The highest BCUT2D eigenvalue weighted by Crippen LogP contribution is 2.27. The van der Waals surface area contributed by atoms with Gasteiger partial charge >= 0.3 is 5.97 Å². The molecule has 0 bridgehead atoms. The van der Waals surface area contributed by atoms with Crippen LogP contribution in [0.4, 0.5) is 5.69 Å². The number of hydrogen-bond donors (Lipinski definition) is 3. The fourth-order valence-corrected chi connectivity index (χ4v) is 1.37. The summed E-state index contributed by atoms with van der Waals surface area (Å²) in [7, 11) is 2.60. The van der Waals surface area contributed by atoms with Gasteiger partial charge in [-0.3, -0.25) is 0 Å². The van der Waals surface area contributed by atoms with Gasteiger partial charge in [-0.05, 0) is 6.07 Å². The van der Waals surface area contributed by atoms with Crippen LogP contribution in [0.1, 0.15) is 11.7 Å². The number of ether oxygens (including phenoxy) is 2. The number of carbonyl (C=O) groups is 1. The van der Waals surface area contributed by atoms with Crippen LogP contribution in [0.15, 0.2) is 18.2 Å². The van der Waals surface area contributed by atoms with E-state index in [2.05, 4.69) is 4.74 Å². The van der Waals surface area contributed by atoms with E-state index in [1.54, 1.807) is 6.07 Å². The Bertz CT molecular complexity index is 407. The number of nitrogens with two attached hydrogens (primary N) is 1. The molecular formula is C11H15NO5. The largest absolute Gasteiger partial charge is 0.497 e. The average Bonchev–Trinajstić information content (AvgIpc) is 2.35. The van der Waals surface area contributed by atoms with Crippen LogP contribution < -0.4 is 10.5 Å². The summed E-state index contributed by atoms with van der Waals surface area (Å²) in [5.41, 5.74) is 6.14. The van der Waals surface area contributed by atoms with Gasteiger partial charge in [-0.15, -0.1) is 0 Å². The summed E-state index contributed by atoms with van der Waals surface area (Å²) in [4.78, 5) is 11.1. The maximum atomic E-state index is 11.1. The molecule has 1 aromatic carbocycles. The molecule has 0 amide bonds. The van der Waals surface area contributed by atoms with Gasteiger partial charge in [0, 0.05) is 17.3 Å². The average molecular weight is 241 g/mol. The lowest BCUT2D eigenvalue weighted by molar-refractivity contribution is -0.156. The lowest BCUT2D eigenvalue weighted by Gasteiger charge is -2.18. The highest BCUT2D eigenvalue weighted by Gasteiger charge is 2.27. The van der Waals surface area contributed by atoms with E-state index in [9.17, 15) is 15.0 Å². The van der Waals surface area contributed by atoms with Crippen LogP contribution >= 0.6 is 0 Å². The van der Waals surface area contributed by atoms with Gasteiger partial charge in [-0.2, -0.15) is 0 Å². The van der Waals surface area contributed by atoms with Gasteiger partial charge in [0.05, 0.1) is 14.2 Å². The van der Waals surface area contributed by atoms with Crippen molar-refractivity contribution in [2.75, 3.05) is 20.0 Å². The van der Waals surface area contributed by atoms with Crippen molar-refractivity contribution in [1.29, 1.82) is 0 Å². The van der Waals surface area contributed by atoms with Gasteiger partial charge in [-0.1, -0.05) is 6.07 Å². The molecule has 2 unspecified atom stereocenters. The van der Waals surface area contributed by atoms with Crippen molar-refractivity contribution < 1.29 is 24.5 Å². The molecule has 1 rings (SSSR count). The first-order valence-corrected chi connectivity index (χ1v) is 4.88. The Balaban J connectivity index is 2.96. The maximum Gasteiger partial charge on any atom is 0.337 e. The molecule has 0 aliphatic carbocycles. The van der Waals surface area contributed by atoms with E-state index in [1.165, 1.54) is 19.2 Å². The molecular weight excluding hydrogens is 226 g/mol. The minimum absolute atomic E-state index is 0.222. The van der Waals surface area contributed by atoms with E-state index in [0.29, 0.717) is 5.75 Å². The van der Waals surface area contributed by atoms with Crippen molar-refractivity contribution >= 4 is 11.7 Å². The Kier molecular flexibility index (Phi) is 4.30. The summed E-state index contributed by atoms with van der Waals surface area (Å²) < 4.78 is 9.27. The third-order valence-corrected chi connectivity index (χ3v) is 2.35. The topological polar surface area (TPSA) is 102 Å². The highest BCUT2D eigenvalue weighted by atomic mass is 16.5. The number of esters is 1. The normalized spacial score (nSPS) is 13.9. The van der Waals surface area contributed by atoms with E-state index >= 15 is 0 Å². The van der Waals surface area contributed by atoms with Gasteiger partial charge in [0.15, 0.2) is 6.10 Å². The van der Waals surface area contributed by atoms with Crippen molar-refractivity contribution in [3.05, 3.63) is 23.8 Å². The van der Waals surface area contributed by atoms with Gasteiger partial charge < -0.3 is 25.4 Å². The number of hydrogen-bond acceptors (Lipinski definition) is 6. The van der Waals surface area contributed by atoms with E-state index in [-0.39, 0.29) is 11.3 Å². The number of aliphatic hydroxyl groups excluding tert-OH is 2. The molecule has 4 N–H and O–H groups in total. The second-order valence-electron chi connectivity index (χ2n) is 3.41. The number of anilines is 1. The van der Waals surface area contributed by atoms with Crippen molar-refractivity contribution in [3.63, 3.8) is 0 Å². The third-order valence-electron chi connectivity index (χ3n) is 2.35. The molecule has 0 spiro atoms. The summed E-state index contributed by atoms with van der Waals surface area (Å²) in [5, 5.41) is 19.2. The summed E-state index contributed by atoms with van der Waals surface area (Å²) in [6.07, 6.45) is -3.11. The molecule has 6 nitrogen and oxygen atoms in total. The summed E-state index contributed by atoms with van der Waals surface area (Å²) in [6, 6.07) is 4.53. The molecule has 94 valence electrons. The van der Waals surface area contributed by atoms with Gasteiger partial charge in [0.25, 0.3) is 0 Å². The SMILES string of the molecule is COC(=O)C(O)C(O)c1ccc(OC)cc1N. The Hall–Kier alpha value is -1.79. The highest BCUT2D eigenvalue weighted by molar-refractivity contribution is 5.75. The van der Waals surface area contributed by atoms with E-state index in [4.69, 9.17) is 10.5 Å². The van der Waals surface area contributed by atoms with Crippen molar-refractivity contribution in [3.8, 4) is 5.75 Å². The molecule has 0 radical (unpaired) electrons. The van der Waals surface area contributed by atoms with Crippen molar-refractivity contribution in [2.24, 2.45) is 0 Å². The van der Waals surface area contributed by atoms with E-state index in [0.717, 1.165) is 7.11 Å². The van der Waals surface area contributed by atoms with Crippen LogP contribution in [0.25, 0.3) is 0 Å². The fourth-order valence-electron chi connectivity index (χ4n) is 1.37. The number of aliphatic hydroxyl groups is 2. The first kappa shape index (κ1) is 13.3. The molecule has 1 aromatic rings. The Morgan fingerprint density at radius 3 is 2.47 bits per heavy atom. The number of benzene rings is 1. The smallest absolute Gasteiger partial charge is 0.337 e. The number of nitrogen functional groups attached to an aromatic ring is 1. The van der Waals surface area contributed by atoms with Crippen molar-refractivity contribution in [2.45, 2.75) is 12.2 Å². The predicted octanol–water partition coefficient (Wildman–Crippen LogP) is -0.155. The molecule has 0 saturated carbocycles. The van der Waals surface area contributed by atoms with Crippen LogP contribution in [0, 0.1) is 0 Å². The van der Waals surface area contributed by atoms with Crippen LogP contribution in [0.3, 0.4) is 0 Å². The van der Waals surface area contributed by atoms with Crippen LogP contribution in [0.5, 0.6) is 5.75 Å². The van der Waals surface area contributed by atoms with Gasteiger partial charge in [-0.25, -0.2) is 4.79 Å². The minimum atomic E-state index is -1.67. The Morgan fingerprint density at radius 2 is 2.00 bits per heavy atom. The Morgan fingerprint density at radius 1 is 1.35 bits per heavy atom. The maximum absolute atomic E-state index is 11.1. The quantitative estimate of drug-likeness (QED) is 0.500. The van der Waals surface area contributed by atoms with E-state index < -0.39 is 18.2 Å².